The van der Waals surface area contributed by atoms with E-state index in [1.54, 1.807) is 19.1 Å². The third-order valence-electron chi connectivity index (χ3n) is 3.01. The lowest BCUT2D eigenvalue weighted by atomic mass is 10.1. The summed E-state index contributed by atoms with van der Waals surface area (Å²) in [6.45, 7) is 1.77. The third-order valence-corrected chi connectivity index (χ3v) is 3.01. The van der Waals surface area contributed by atoms with Crippen LogP contribution < -0.4 is 5.32 Å². The molecule has 0 aromatic heterocycles. The third kappa shape index (κ3) is 4.14. The minimum atomic E-state index is -0.133. The van der Waals surface area contributed by atoms with Crippen molar-refractivity contribution in [1.82, 2.24) is 5.32 Å². The molecule has 0 atom stereocenters. The molecule has 0 radical (unpaired) electrons. The number of hydrogen-bond donors (Lipinski definition) is 1. The van der Waals surface area contributed by atoms with Crippen LogP contribution in [-0.4, -0.2) is 11.7 Å². The fraction of sp³-hybridized carbons (Fsp3) is 0.111. The molecule has 0 unspecified atom stereocenters. The minimum absolute atomic E-state index is 0.119. The molecule has 0 saturated heterocycles. The van der Waals surface area contributed by atoms with Crippen LogP contribution in [0.2, 0.25) is 0 Å². The van der Waals surface area contributed by atoms with Gasteiger partial charge in [-0.25, -0.2) is 0 Å². The van der Waals surface area contributed by atoms with Crippen molar-refractivity contribution in [1.29, 1.82) is 0 Å². The Labute approximate surface area is 124 Å². The highest BCUT2D eigenvalue weighted by Crippen LogP contribution is 2.13. The number of ketones is 1. The molecule has 0 spiro atoms. The van der Waals surface area contributed by atoms with E-state index in [2.05, 4.69) is 5.32 Å². The summed E-state index contributed by atoms with van der Waals surface area (Å²) in [5, 5.41) is 2.78. The Kier molecular flexibility index (Phi) is 5.04. The van der Waals surface area contributed by atoms with Gasteiger partial charge in [-0.1, -0.05) is 67.6 Å². The molecule has 0 heterocycles. The van der Waals surface area contributed by atoms with E-state index in [0.717, 1.165) is 5.56 Å². The average molecular weight is 279 g/mol. The lowest BCUT2D eigenvalue weighted by Crippen LogP contribution is -2.21. The first-order chi connectivity index (χ1) is 10.2. The molecule has 3 heteroatoms. The van der Waals surface area contributed by atoms with Crippen molar-refractivity contribution in [3.05, 3.63) is 77.9 Å². The summed E-state index contributed by atoms with van der Waals surface area (Å²) in [7, 11) is 0. The van der Waals surface area contributed by atoms with Gasteiger partial charge in [0.2, 0.25) is 5.91 Å². The molecule has 2 aromatic carbocycles. The Bertz CT molecular complexity index is 645. The molecule has 2 aromatic rings. The summed E-state index contributed by atoms with van der Waals surface area (Å²) in [5.74, 6) is -0.253. The summed E-state index contributed by atoms with van der Waals surface area (Å²) in [6.07, 6.45) is 1.84. The molecular formula is C18H17NO2. The van der Waals surface area contributed by atoms with Gasteiger partial charge in [0.25, 0.3) is 0 Å². The molecule has 0 fully saturated rings. The number of carbonyl (C=O) groups excluding carboxylic acids is 2. The highest BCUT2D eigenvalue weighted by atomic mass is 16.1. The Morgan fingerprint density at radius 1 is 0.905 bits per heavy atom. The number of allylic oxidation sites excluding steroid dienone is 1. The first-order valence-electron chi connectivity index (χ1n) is 6.87. The standard InChI is InChI=1S/C18H17NO2/c1-2-18(21)19-16(14-9-5-3-6-10-14)13-17(20)15-11-7-4-8-12-15/h3-13H,2H2,1H3,(H,19,21)/b16-13-. The van der Waals surface area contributed by atoms with Crippen LogP contribution in [-0.2, 0) is 4.79 Å². The Hall–Kier alpha value is -2.68. The van der Waals surface area contributed by atoms with Crippen LogP contribution in [0, 0.1) is 0 Å². The molecule has 106 valence electrons. The van der Waals surface area contributed by atoms with Gasteiger partial charge in [-0.15, -0.1) is 0 Å². The van der Waals surface area contributed by atoms with Crippen molar-refractivity contribution in [2.24, 2.45) is 0 Å². The van der Waals surface area contributed by atoms with E-state index < -0.39 is 0 Å². The normalized spacial score (nSPS) is 11.0. The van der Waals surface area contributed by atoms with E-state index in [1.807, 2.05) is 48.5 Å². The maximum absolute atomic E-state index is 12.3. The smallest absolute Gasteiger partial charge is 0.224 e. The van der Waals surface area contributed by atoms with E-state index >= 15 is 0 Å². The lowest BCUT2D eigenvalue weighted by Gasteiger charge is -2.09. The average Bonchev–Trinajstić information content (AvgIpc) is 2.55. The molecular weight excluding hydrogens is 262 g/mol. The van der Waals surface area contributed by atoms with Gasteiger partial charge in [0.15, 0.2) is 5.78 Å². The number of benzene rings is 2. The zero-order valence-corrected chi connectivity index (χ0v) is 11.9. The van der Waals surface area contributed by atoms with Gasteiger partial charge in [-0.05, 0) is 5.56 Å². The highest BCUT2D eigenvalue weighted by Gasteiger charge is 2.09. The second-order valence-electron chi connectivity index (χ2n) is 4.56. The molecule has 0 aliphatic heterocycles. The second-order valence-corrected chi connectivity index (χ2v) is 4.56. The number of hydrogen-bond acceptors (Lipinski definition) is 2. The molecule has 0 aliphatic carbocycles. The van der Waals surface area contributed by atoms with Gasteiger partial charge in [-0.2, -0.15) is 0 Å². The van der Waals surface area contributed by atoms with Crippen LogP contribution in [0.4, 0.5) is 0 Å². The molecule has 0 aliphatic rings. The largest absolute Gasteiger partial charge is 0.325 e. The van der Waals surface area contributed by atoms with E-state index in [0.29, 0.717) is 17.7 Å². The Morgan fingerprint density at radius 2 is 1.43 bits per heavy atom. The van der Waals surface area contributed by atoms with Gasteiger partial charge in [0.1, 0.15) is 0 Å². The van der Waals surface area contributed by atoms with Gasteiger partial charge in [0.05, 0.1) is 5.70 Å². The van der Waals surface area contributed by atoms with Crippen LogP contribution in [0.3, 0.4) is 0 Å². The van der Waals surface area contributed by atoms with Gasteiger partial charge in [-0.3, -0.25) is 9.59 Å². The van der Waals surface area contributed by atoms with Crippen LogP contribution in [0.5, 0.6) is 0 Å². The van der Waals surface area contributed by atoms with Crippen molar-refractivity contribution >= 4 is 17.4 Å². The van der Waals surface area contributed by atoms with Crippen LogP contribution in [0.1, 0.15) is 29.3 Å². The summed E-state index contributed by atoms with van der Waals surface area (Å²) in [5.41, 5.74) is 1.93. The maximum Gasteiger partial charge on any atom is 0.224 e. The molecule has 0 saturated carbocycles. The fourth-order valence-electron chi connectivity index (χ4n) is 1.86. The lowest BCUT2D eigenvalue weighted by molar-refractivity contribution is -0.119. The molecule has 1 N–H and O–H groups in total. The predicted molar refractivity (Wildman–Crippen MR) is 83.6 cm³/mol. The number of carbonyl (C=O) groups is 2. The fourth-order valence-corrected chi connectivity index (χ4v) is 1.86. The van der Waals surface area contributed by atoms with Crippen LogP contribution in [0.15, 0.2) is 66.7 Å². The Balaban J connectivity index is 2.33. The van der Waals surface area contributed by atoms with Crippen molar-refractivity contribution in [3.8, 4) is 0 Å². The van der Waals surface area contributed by atoms with Crippen molar-refractivity contribution in [2.45, 2.75) is 13.3 Å². The predicted octanol–water partition coefficient (Wildman–Crippen LogP) is 3.44. The summed E-state index contributed by atoms with van der Waals surface area (Å²) >= 11 is 0. The van der Waals surface area contributed by atoms with Crippen molar-refractivity contribution in [3.63, 3.8) is 0 Å². The number of nitrogens with one attached hydrogen (secondary N) is 1. The van der Waals surface area contributed by atoms with E-state index in [-0.39, 0.29) is 11.7 Å². The SMILES string of the molecule is CCC(=O)N/C(=C\C(=O)c1ccccc1)c1ccccc1. The summed E-state index contributed by atoms with van der Waals surface area (Å²) in [6, 6.07) is 18.3. The molecule has 1 amide bonds. The molecule has 2 rings (SSSR count). The van der Waals surface area contributed by atoms with E-state index in [1.165, 1.54) is 6.08 Å². The first-order valence-corrected chi connectivity index (χ1v) is 6.87. The molecule has 3 nitrogen and oxygen atoms in total. The van der Waals surface area contributed by atoms with E-state index in [4.69, 9.17) is 0 Å². The number of rotatable bonds is 5. The van der Waals surface area contributed by atoms with Gasteiger partial charge < -0.3 is 5.32 Å². The zero-order chi connectivity index (χ0) is 15.1. The van der Waals surface area contributed by atoms with Crippen LogP contribution in [0.25, 0.3) is 5.70 Å². The Morgan fingerprint density at radius 3 is 1.95 bits per heavy atom. The quantitative estimate of drug-likeness (QED) is 0.673. The molecule has 0 bridgehead atoms. The second kappa shape index (κ2) is 7.20. The monoisotopic (exact) mass is 279 g/mol. The van der Waals surface area contributed by atoms with Crippen molar-refractivity contribution < 1.29 is 9.59 Å². The number of amides is 1. The van der Waals surface area contributed by atoms with Gasteiger partial charge in [0, 0.05) is 18.1 Å². The summed E-state index contributed by atoms with van der Waals surface area (Å²) < 4.78 is 0. The topological polar surface area (TPSA) is 46.2 Å². The highest BCUT2D eigenvalue weighted by molar-refractivity contribution is 6.09. The minimum Gasteiger partial charge on any atom is -0.325 e. The first kappa shape index (κ1) is 14.7. The molecule has 21 heavy (non-hydrogen) atoms. The maximum atomic E-state index is 12.3. The van der Waals surface area contributed by atoms with Crippen LogP contribution >= 0.6 is 0 Å². The van der Waals surface area contributed by atoms with E-state index in [9.17, 15) is 9.59 Å². The van der Waals surface area contributed by atoms with Crippen molar-refractivity contribution in [2.75, 3.05) is 0 Å². The van der Waals surface area contributed by atoms with Gasteiger partial charge >= 0.3 is 0 Å². The summed E-state index contributed by atoms with van der Waals surface area (Å²) in [4.78, 5) is 23.9. The zero-order valence-electron chi connectivity index (χ0n) is 11.9.